The van der Waals surface area contributed by atoms with E-state index in [1.165, 1.54) is 33.3 Å². The molecule has 0 aliphatic rings. The third-order valence-electron chi connectivity index (χ3n) is 4.78. The summed E-state index contributed by atoms with van der Waals surface area (Å²) in [5.74, 6) is 0.0721. The van der Waals surface area contributed by atoms with Gasteiger partial charge < -0.3 is 28.2 Å². The molecule has 0 bridgehead atoms. The molecule has 8 nitrogen and oxygen atoms in total. The number of carbonyl (C=O) groups is 1. The molecular weight excluding hydrogens is 392 g/mol. The minimum absolute atomic E-state index is 0.146. The van der Waals surface area contributed by atoms with Gasteiger partial charge >= 0.3 is 11.6 Å². The SMILES string of the molecule is C/C=C(/C)C(=O)O[C@H](COc1c2ccoc2c(OC)c2oc(=O)ccc12)C(C)(C)O. The molecule has 30 heavy (non-hydrogen) atoms. The molecule has 1 aromatic carbocycles. The fraction of sp³-hybridized carbons (Fsp3) is 0.364. The van der Waals surface area contributed by atoms with Crippen molar-refractivity contribution in [2.45, 2.75) is 39.4 Å². The van der Waals surface area contributed by atoms with Crippen LogP contribution < -0.4 is 15.1 Å². The van der Waals surface area contributed by atoms with Crippen molar-refractivity contribution in [3.05, 3.63) is 46.5 Å². The number of esters is 1. The van der Waals surface area contributed by atoms with Gasteiger partial charge in [0, 0.05) is 11.6 Å². The standard InChI is InChI=1S/C22H24O8/c1-6-12(2)21(24)29-15(22(3,4)25)11-28-17-13-7-8-16(23)30-19(13)20(26-5)18-14(17)9-10-27-18/h6-10,15,25H,11H2,1-5H3/b12-6-/t15-/m1/s1. The van der Waals surface area contributed by atoms with Gasteiger partial charge in [0.05, 0.1) is 29.7 Å². The van der Waals surface area contributed by atoms with Gasteiger partial charge in [-0.25, -0.2) is 9.59 Å². The zero-order valence-corrected chi connectivity index (χ0v) is 17.5. The second-order valence-corrected chi connectivity index (χ2v) is 7.35. The van der Waals surface area contributed by atoms with Crippen molar-refractivity contribution in [2.75, 3.05) is 13.7 Å². The van der Waals surface area contributed by atoms with E-state index >= 15 is 0 Å². The third-order valence-corrected chi connectivity index (χ3v) is 4.78. The number of rotatable bonds is 7. The molecule has 8 heteroatoms. The summed E-state index contributed by atoms with van der Waals surface area (Å²) in [4.78, 5) is 24.0. The number of furan rings is 1. The maximum Gasteiger partial charge on any atom is 0.336 e. The Morgan fingerprint density at radius 1 is 1.20 bits per heavy atom. The number of methoxy groups -OCH3 is 1. The lowest BCUT2D eigenvalue weighted by atomic mass is 10.0. The second-order valence-electron chi connectivity index (χ2n) is 7.35. The fourth-order valence-corrected chi connectivity index (χ4v) is 2.90. The van der Waals surface area contributed by atoms with E-state index in [4.69, 9.17) is 23.0 Å². The van der Waals surface area contributed by atoms with Gasteiger partial charge in [0.25, 0.3) is 0 Å². The van der Waals surface area contributed by atoms with Crippen LogP contribution >= 0.6 is 0 Å². The monoisotopic (exact) mass is 416 g/mol. The summed E-state index contributed by atoms with van der Waals surface area (Å²) in [6, 6.07) is 4.51. The van der Waals surface area contributed by atoms with E-state index in [0.29, 0.717) is 27.7 Å². The fourth-order valence-electron chi connectivity index (χ4n) is 2.90. The lowest BCUT2D eigenvalue weighted by Crippen LogP contribution is -2.44. The Balaban J connectivity index is 2.04. The minimum Gasteiger partial charge on any atom is -0.490 e. The first-order chi connectivity index (χ1) is 14.2. The molecule has 0 aliphatic heterocycles. The van der Waals surface area contributed by atoms with Crippen LogP contribution in [0.4, 0.5) is 0 Å². The van der Waals surface area contributed by atoms with Crippen LogP contribution in [-0.4, -0.2) is 36.5 Å². The number of ether oxygens (including phenoxy) is 3. The summed E-state index contributed by atoms with van der Waals surface area (Å²) in [6.07, 6.45) is 2.12. The maximum absolute atomic E-state index is 12.2. The van der Waals surface area contributed by atoms with E-state index < -0.39 is 23.3 Å². The molecule has 2 aromatic heterocycles. The summed E-state index contributed by atoms with van der Waals surface area (Å²) >= 11 is 0. The van der Waals surface area contributed by atoms with Crippen LogP contribution in [0.25, 0.3) is 21.9 Å². The Kier molecular flexibility index (Phi) is 5.89. The van der Waals surface area contributed by atoms with E-state index in [2.05, 4.69) is 0 Å². The number of hydrogen-bond donors (Lipinski definition) is 1. The summed E-state index contributed by atoms with van der Waals surface area (Å²) in [5, 5.41) is 11.5. The molecule has 3 rings (SSSR count). The first-order valence-corrected chi connectivity index (χ1v) is 9.37. The summed E-state index contributed by atoms with van der Waals surface area (Å²) in [6.45, 7) is 6.25. The molecule has 2 heterocycles. The summed E-state index contributed by atoms with van der Waals surface area (Å²) in [7, 11) is 1.44. The molecule has 0 saturated heterocycles. The molecule has 1 N–H and O–H groups in total. The van der Waals surface area contributed by atoms with Crippen molar-refractivity contribution < 1.29 is 32.9 Å². The molecule has 0 spiro atoms. The zero-order valence-electron chi connectivity index (χ0n) is 17.5. The normalized spacial score (nSPS) is 13.5. The number of benzene rings is 1. The quantitative estimate of drug-likeness (QED) is 0.354. The maximum atomic E-state index is 12.2. The second kappa shape index (κ2) is 8.23. The van der Waals surface area contributed by atoms with Crippen LogP contribution in [0.2, 0.25) is 0 Å². The van der Waals surface area contributed by atoms with Gasteiger partial charge in [-0.2, -0.15) is 0 Å². The Labute approximate surface area is 172 Å². The van der Waals surface area contributed by atoms with Crippen molar-refractivity contribution in [2.24, 2.45) is 0 Å². The van der Waals surface area contributed by atoms with Crippen molar-refractivity contribution in [1.82, 2.24) is 0 Å². The highest BCUT2D eigenvalue weighted by molar-refractivity contribution is 6.06. The number of aliphatic hydroxyl groups is 1. The average molecular weight is 416 g/mol. The van der Waals surface area contributed by atoms with Gasteiger partial charge in [-0.05, 0) is 39.8 Å². The van der Waals surface area contributed by atoms with E-state index in [-0.39, 0.29) is 17.9 Å². The van der Waals surface area contributed by atoms with Crippen molar-refractivity contribution in [3.63, 3.8) is 0 Å². The average Bonchev–Trinajstić information content (AvgIpc) is 3.17. The van der Waals surface area contributed by atoms with Crippen LogP contribution in [-0.2, 0) is 9.53 Å². The predicted octanol–water partition coefficient (Wildman–Crippen LogP) is 3.58. The van der Waals surface area contributed by atoms with Gasteiger partial charge in [-0.3, -0.25) is 0 Å². The van der Waals surface area contributed by atoms with Crippen LogP contribution in [0, 0.1) is 0 Å². The Hall–Kier alpha value is -3.26. The first kappa shape index (κ1) is 21.4. The number of hydrogen-bond acceptors (Lipinski definition) is 8. The van der Waals surface area contributed by atoms with Crippen LogP contribution in [0.1, 0.15) is 27.7 Å². The Morgan fingerprint density at radius 2 is 1.90 bits per heavy atom. The van der Waals surface area contributed by atoms with Crippen LogP contribution in [0.5, 0.6) is 11.5 Å². The lowest BCUT2D eigenvalue weighted by molar-refractivity contribution is -0.160. The predicted molar refractivity (Wildman–Crippen MR) is 110 cm³/mol. The molecule has 0 amide bonds. The van der Waals surface area contributed by atoms with E-state index in [9.17, 15) is 14.7 Å². The molecular formula is C22H24O8. The van der Waals surface area contributed by atoms with Gasteiger partial charge in [-0.1, -0.05) is 6.08 Å². The van der Waals surface area contributed by atoms with E-state index in [1.54, 1.807) is 32.1 Å². The molecule has 0 saturated carbocycles. The molecule has 0 fully saturated rings. The third kappa shape index (κ3) is 4.04. The minimum atomic E-state index is -1.37. The van der Waals surface area contributed by atoms with E-state index in [0.717, 1.165) is 0 Å². The van der Waals surface area contributed by atoms with Gasteiger partial charge in [0.15, 0.2) is 17.3 Å². The van der Waals surface area contributed by atoms with Crippen molar-refractivity contribution in [3.8, 4) is 11.5 Å². The number of fused-ring (bicyclic) bond motifs is 2. The number of allylic oxidation sites excluding steroid dienone is 1. The largest absolute Gasteiger partial charge is 0.490 e. The number of carbonyl (C=O) groups excluding carboxylic acids is 1. The van der Waals surface area contributed by atoms with Crippen LogP contribution in [0.15, 0.2) is 49.7 Å². The van der Waals surface area contributed by atoms with Gasteiger partial charge in [0.2, 0.25) is 5.75 Å². The topological polar surface area (TPSA) is 108 Å². The zero-order chi connectivity index (χ0) is 22.1. The molecule has 0 radical (unpaired) electrons. The molecule has 0 aliphatic carbocycles. The van der Waals surface area contributed by atoms with Crippen molar-refractivity contribution in [1.29, 1.82) is 0 Å². The van der Waals surface area contributed by atoms with Crippen molar-refractivity contribution >= 4 is 27.9 Å². The van der Waals surface area contributed by atoms with E-state index in [1.807, 2.05) is 0 Å². The smallest absolute Gasteiger partial charge is 0.336 e. The highest BCUT2D eigenvalue weighted by Gasteiger charge is 2.32. The lowest BCUT2D eigenvalue weighted by Gasteiger charge is -2.29. The van der Waals surface area contributed by atoms with Gasteiger partial charge in [-0.15, -0.1) is 0 Å². The summed E-state index contributed by atoms with van der Waals surface area (Å²) < 4.78 is 27.7. The Morgan fingerprint density at radius 3 is 2.53 bits per heavy atom. The highest BCUT2D eigenvalue weighted by Crippen LogP contribution is 2.42. The molecule has 1 atom stereocenters. The first-order valence-electron chi connectivity index (χ1n) is 9.37. The molecule has 0 unspecified atom stereocenters. The molecule has 160 valence electrons. The Bertz CT molecular complexity index is 1160. The molecule has 3 aromatic rings. The summed E-state index contributed by atoms with van der Waals surface area (Å²) in [5.41, 5.74) is -0.991. The van der Waals surface area contributed by atoms with Gasteiger partial charge in [0.1, 0.15) is 12.4 Å². The highest BCUT2D eigenvalue weighted by atomic mass is 16.6. The van der Waals surface area contributed by atoms with Crippen LogP contribution in [0.3, 0.4) is 0 Å².